The molecular weight excluding hydrogens is 216 g/mol. The number of aliphatic carboxylic acids is 1. The van der Waals surface area contributed by atoms with Crippen LogP contribution >= 0.6 is 0 Å². The van der Waals surface area contributed by atoms with Crippen LogP contribution in [0.1, 0.15) is 30.0 Å². The highest BCUT2D eigenvalue weighted by Gasteiger charge is 2.29. The lowest BCUT2D eigenvalue weighted by Gasteiger charge is -2.18. The van der Waals surface area contributed by atoms with Crippen LogP contribution in [0.5, 0.6) is 0 Å². The van der Waals surface area contributed by atoms with E-state index in [1.807, 2.05) is 18.2 Å². The summed E-state index contributed by atoms with van der Waals surface area (Å²) in [4.78, 5) is 14.5. The average molecular weight is 230 g/mol. The third-order valence-electron chi connectivity index (χ3n) is 3.53. The van der Waals surface area contributed by atoms with Crippen LogP contribution in [0.3, 0.4) is 0 Å². The molecule has 17 heavy (non-hydrogen) atoms. The number of nitrogen functional groups attached to an aromatic ring is 1. The molecule has 0 spiro atoms. The summed E-state index contributed by atoms with van der Waals surface area (Å²) in [6.07, 6.45) is 2.57. The second-order valence-corrected chi connectivity index (χ2v) is 4.61. The molecule has 1 unspecified atom stereocenters. The zero-order chi connectivity index (χ0) is 12.0. The Balaban J connectivity index is 2.25. The maximum Gasteiger partial charge on any atom is 0.312 e. The van der Waals surface area contributed by atoms with E-state index in [0.29, 0.717) is 6.42 Å². The number of anilines is 1. The summed E-state index contributed by atoms with van der Waals surface area (Å²) in [6.45, 7) is 0. The van der Waals surface area contributed by atoms with E-state index in [-0.39, 0.29) is 0 Å². The number of aromatic nitrogens is 1. The Labute approximate surface area is 98.4 Å². The number of benzene rings is 1. The van der Waals surface area contributed by atoms with Crippen LogP contribution in [0.15, 0.2) is 18.2 Å². The highest BCUT2D eigenvalue weighted by Crippen LogP contribution is 2.36. The van der Waals surface area contributed by atoms with Crippen LogP contribution in [0.2, 0.25) is 0 Å². The fraction of sp³-hybridized carbons (Fsp3) is 0.308. The molecule has 0 aliphatic heterocycles. The summed E-state index contributed by atoms with van der Waals surface area (Å²) in [5.74, 6) is -1.14. The van der Waals surface area contributed by atoms with E-state index in [1.54, 1.807) is 0 Å². The van der Waals surface area contributed by atoms with Gasteiger partial charge in [-0.1, -0.05) is 0 Å². The van der Waals surface area contributed by atoms with Gasteiger partial charge in [0.15, 0.2) is 0 Å². The topological polar surface area (TPSA) is 79.1 Å². The number of nitrogens with two attached hydrogens (primary N) is 1. The van der Waals surface area contributed by atoms with Gasteiger partial charge in [0, 0.05) is 22.3 Å². The molecule has 1 aromatic heterocycles. The third-order valence-corrected chi connectivity index (χ3v) is 3.53. The molecule has 1 aromatic carbocycles. The van der Waals surface area contributed by atoms with E-state index in [1.165, 1.54) is 0 Å². The Morgan fingerprint density at radius 3 is 3.06 bits per heavy atom. The van der Waals surface area contributed by atoms with Crippen molar-refractivity contribution >= 4 is 22.6 Å². The first kappa shape index (κ1) is 10.2. The second-order valence-electron chi connectivity index (χ2n) is 4.61. The number of carboxylic acids is 1. The Kier molecular flexibility index (Phi) is 2.11. The van der Waals surface area contributed by atoms with Gasteiger partial charge in [0.05, 0.1) is 5.92 Å². The molecule has 1 heterocycles. The predicted molar refractivity (Wildman–Crippen MR) is 66.0 cm³/mol. The lowest BCUT2D eigenvalue weighted by molar-refractivity contribution is -0.139. The van der Waals surface area contributed by atoms with Crippen LogP contribution in [-0.2, 0) is 11.2 Å². The summed E-state index contributed by atoms with van der Waals surface area (Å²) < 4.78 is 0. The number of hydrogen-bond acceptors (Lipinski definition) is 2. The van der Waals surface area contributed by atoms with Gasteiger partial charge in [-0.3, -0.25) is 4.79 Å². The molecule has 3 rings (SSSR count). The van der Waals surface area contributed by atoms with Crippen LogP contribution < -0.4 is 5.73 Å². The average Bonchev–Trinajstić information content (AvgIpc) is 2.66. The van der Waals surface area contributed by atoms with Crippen molar-refractivity contribution in [2.45, 2.75) is 25.2 Å². The first-order valence-electron chi connectivity index (χ1n) is 5.79. The summed E-state index contributed by atoms with van der Waals surface area (Å²) in [5.41, 5.74) is 9.48. The normalized spacial score (nSPS) is 19.2. The smallest absolute Gasteiger partial charge is 0.312 e. The van der Waals surface area contributed by atoms with Crippen LogP contribution in [0.4, 0.5) is 5.69 Å². The minimum absolute atomic E-state index is 0.396. The molecule has 1 aliphatic carbocycles. The molecule has 1 atom stereocenters. The van der Waals surface area contributed by atoms with Crippen molar-refractivity contribution in [1.29, 1.82) is 0 Å². The van der Waals surface area contributed by atoms with Crippen LogP contribution in [-0.4, -0.2) is 16.1 Å². The number of carbonyl (C=O) groups is 1. The fourth-order valence-electron chi connectivity index (χ4n) is 2.73. The Bertz CT molecular complexity index is 601. The van der Waals surface area contributed by atoms with Gasteiger partial charge in [-0.05, 0) is 43.0 Å². The Morgan fingerprint density at radius 2 is 2.29 bits per heavy atom. The highest BCUT2D eigenvalue weighted by atomic mass is 16.4. The molecule has 4 N–H and O–H groups in total. The largest absolute Gasteiger partial charge is 0.481 e. The van der Waals surface area contributed by atoms with E-state index < -0.39 is 11.9 Å². The summed E-state index contributed by atoms with van der Waals surface area (Å²) in [6, 6.07) is 5.68. The number of aryl methyl sites for hydroxylation is 1. The van der Waals surface area contributed by atoms with E-state index in [2.05, 4.69) is 4.98 Å². The molecule has 0 amide bonds. The number of aromatic amines is 1. The molecule has 88 valence electrons. The van der Waals surface area contributed by atoms with Gasteiger partial charge in [-0.25, -0.2) is 0 Å². The van der Waals surface area contributed by atoms with Gasteiger partial charge in [-0.2, -0.15) is 0 Å². The van der Waals surface area contributed by atoms with Gasteiger partial charge in [0.2, 0.25) is 0 Å². The third kappa shape index (κ3) is 1.48. The van der Waals surface area contributed by atoms with Crippen LogP contribution in [0, 0.1) is 0 Å². The van der Waals surface area contributed by atoms with Crippen molar-refractivity contribution in [3.8, 4) is 0 Å². The fourth-order valence-corrected chi connectivity index (χ4v) is 2.73. The van der Waals surface area contributed by atoms with E-state index in [0.717, 1.165) is 40.7 Å². The molecule has 0 fully saturated rings. The van der Waals surface area contributed by atoms with Crippen molar-refractivity contribution in [1.82, 2.24) is 4.98 Å². The molecular formula is C13H14N2O2. The molecule has 0 saturated heterocycles. The number of rotatable bonds is 1. The molecule has 4 heteroatoms. The number of H-pyrrole nitrogens is 1. The minimum atomic E-state index is -0.745. The molecule has 4 nitrogen and oxygen atoms in total. The number of nitrogens with one attached hydrogen (secondary N) is 1. The quantitative estimate of drug-likeness (QED) is 0.657. The molecule has 0 radical (unpaired) electrons. The molecule has 2 aromatic rings. The van der Waals surface area contributed by atoms with Gasteiger partial charge in [0.1, 0.15) is 0 Å². The molecule has 0 bridgehead atoms. The lowest BCUT2D eigenvalue weighted by atomic mass is 9.87. The molecule has 1 aliphatic rings. The maximum atomic E-state index is 11.2. The van der Waals surface area contributed by atoms with E-state index in [4.69, 9.17) is 5.73 Å². The predicted octanol–water partition coefficient (Wildman–Crippen LogP) is 2.25. The molecule has 0 saturated carbocycles. The number of carboxylic acid groups (broad SMARTS) is 1. The van der Waals surface area contributed by atoms with E-state index in [9.17, 15) is 9.90 Å². The van der Waals surface area contributed by atoms with Gasteiger partial charge >= 0.3 is 5.97 Å². The van der Waals surface area contributed by atoms with Crippen molar-refractivity contribution in [2.75, 3.05) is 5.73 Å². The van der Waals surface area contributed by atoms with Gasteiger partial charge in [-0.15, -0.1) is 0 Å². The van der Waals surface area contributed by atoms with Gasteiger partial charge in [0.25, 0.3) is 0 Å². The Morgan fingerprint density at radius 1 is 1.47 bits per heavy atom. The van der Waals surface area contributed by atoms with Crippen molar-refractivity contribution in [3.05, 3.63) is 29.5 Å². The zero-order valence-corrected chi connectivity index (χ0v) is 9.36. The first-order valence-corrected chi connectivity index (χ1v) is 5.79. The summed E-state index contributed by atoms with van der Waals surface area (Å²) in [5, 5.41) is 10.3. The summed E-state index contributed by atoms with van der Waals surface area (Å²) >= 11 is 0. The number of hydrogen-bond donors (Lipinski definition) is 3. The van der Waals surface area contributed by atoms with Crippen molar-refractivity contribution < 1.29 is 9.90 Å². The van der Waals surface area contributed by atoms with Crippen molar-refractivity contribution in [3.63, 3.8) is 0 Å². The van der Waals surface area contributed by atoms with Crippen LogP contribution in [0.25, 0.3) is 10.9 Å². The van der Waals surface area contributed by atoms with E-state index >= 15 is 0 Å². The Hall–Kier alpha value is -1.97. The summed E-state index contributed by atoms with van der Waals surface area (Å²) in [7, 11) is 0. The minimum Gasteiger partial charge on any atom is -0.481 e. The number of fused-ring (bicyclic) bond motifs is 3. The standard InChI is InChI=1S/C13H14N2O2/c14-7-4-5-11-10(6-7)8-2-1-3-9(13(16)17)12(8)15-11/h4-6,9,15H,1-3,14H2,(H,16,17). The zero-order valence-electron chi connectivity index (χ0n) is 9.36. The highest BCUT2D eigenvalue weighted by molar-refractivity contribution is 5.90. The monoisotopic (exact) mass is 230 g/mol. The lowest BCUT2D eigenvalue weighted by Crippen LogP contribution is -2.17. The first-order chi connectivity index (χ1) is 8.16. The maximum absolute atomic E-state index is 11.2. The van der Waals surface area contributed by atoms with Gasteiger partial charge < -0.3 is 15.8 Å². The second kappa shape index (κ2) is 3.52. The van der Waals surface area contributed by atoms with Crippen molar-refractivity contribution in [2.24, 2.45) is 0 Å². The SMILES string of the molecule is Nc1ccc2[nH]c3c(c2c1)CCCC3C(=O)O.